The molecule has 0 saturated carbocycles. The Labute approximate surface area is 127 Å². The molecule has 1 aromatic carbocycles. The molecule has 5 heteroatoms. The van der Waals surface area contributed by atoms with E-state index in [4.69, 9.17) is 14.2 Å². The molecular weight excluding hydrogens is 270 g/mol. The largest absolute Gasteiger partial charge is 0.493 e. The Morgan fingerprint density at radius 3 is 2.10 bits per heavy atom. The predicted molar refractivity (Wildman–Crippen MR) is 83.3 cm³/mol. The van der Waals surface area contributed by atoms with Gasteiger partial charge in [-0.3, -0.25) is 0 Å². The fraction of sp³-hybridized carbons (Fsp3) is 0.625. The lowest BCUT2D eigenvalue weighted by Crippen LogP contribution is -2.21. The summed E-state index contributed by atoms with van der Waals surface area (Å²) in [5.74, 6) is 1.86. The van der Waals surface area contributed by atoms with Crippen LogP contribution in [0, 0.1) is 0 Å². The van der Waals surface area contributed by atoms with E-state index in [-0.39, 0.29) is 0 Å². The molecule has 0 saturated heterocycles. The van der Waals surface area contributed by atoms with Gasteiger partial charge in [0.2, 0.25) is 5.75 Å². The zero-order chi connectivity index (χ0) is 15.8. The summed E-state index contributed by atoms with van der Waals surface area (Å²) in [6.45, 7) is 7.08. The SMILES string of the molecule is COc1cc(CNC(C)C)cc(OC)c1OCCC(C)O. The minimum Gasteiger partial charge on any atom is -0.493 e. The molecule has 0 aliphatic carbocycles. The van der Waals surface area contributed by atoms with Crippen LogP contribution in [0.5, 0.6) is 17.2 Å². The van der Waals surface area contributed by atoms with Gasteiger partial charge in [0, 0.05) is 19.0 Å². The second-order valence-corrected chi connectivity index (χ2v) is 5.35. The summed E-state index contributed by atoms with van der Waals surface area (Å²) in [5.41, 5.74) is 1.07. The van der Waals surface area contributed by atoms with Gasteiger partial charge in [-0.1, -0.05) is 13.8 Å². The Morgan fingerprint density at radius 1 is 1.10 bits per heavy atom. The normalized spacial score (nSPS) is 12.3. The molecule has 0 amide bonds. The number of rotatable bonds is 9. The average molecular weight is 297 g/mol. The van der Waals surface area contributed by atoms with Crippen molar-refractivity contribution in [2.45, 2.75) is 45.9 Å². The monoisotopic (exact) mass is 297 g/mol. The second-order valence-electron chi connectivity index (χ2n) is 5.35. The summed E-state index contributed by atoms with van der Waals surface area (Å²) < 4.78 is 16.5. The lowest BCUT2D eigenvalue weighted by molar-refractivity contribution is 0.152. The van der Waals surface area contributed by atoms with E-state index in [1.807, 2.05) is 12.1 Å². The van der Waals surface area contributed by atoms with Crippen molar-refractivity contribution in [2.75, 3.05) is 20.8 Å². The molecule has 1 rings (SSSR count). The van der Waals surface area contributed by atoms with Crippen LogP contribution in [0.25, 0.3) is 0 Å². The quantitative estimate of drug-likeness (QED) is 0.732. The molecule has 1 unspecified atom stereocenters. The average Bonchev–Trinajstić information content (AvgIpc) is 2.44. The minimum absolute atomic E-state index is 0.392. The molecule has 0 aromatic heterocycles. The molecular formula is C16H27NO4. The van der Waals surface area contributed by atoms with E-state index in [1.165, 1.54) is 0 Å². The van der Waals surface area contributed by atoms with Gasteiger partial charge < -0.3 is 24.6 Å². The minimum atomic E-state index is -0.392. The first-order valence-corrected chi connectivity index (χ1v) is 7.27. The van der Waals surface area contributed by atoms with Crippen molar-refractivity contribution in [3.63, 3.8) is 0 Å². The molecule has 2 N–H and O–H groups in total. The van der Waals surface area contributed by atoms with Crippen molar-refractivity contribution in [3.8, 4) is 17.2 Å². The summed E-state index contributed by atoms with van der Waals surface area (Å²) in [5, 5.41) is 12.7. The van der Waals surface area contributed by atoms with Crippen molar-refractivity contribution in [1.82, 2.24) is 5.32 Å². The highest BCUT2D eigenvalue weighted by Gasteiger charge is 2.14. The third-order valence-corrected chi connectivity index (χ3v) is 3.02. The zero-order valence-electron chi connectivity index (χ0n) is 13.6. The van der Waals surface area contributed by atoms with Crippen LogP contribution in [0.15, 0.2) is 12.1 Å². The van der Waals surface area contributed by atoms with Crippen molar-refractivity contribution < 1.29 is 19.3 Å². The van der Waals surface area contributed by atoms with Crippen molar-refractivity contribution >= 4 is 0 Å². The van der Waals surface area contributed by atoms with Crippen LogP contribution < -0.4 is 19.5 Å². The van der Waals surface area contributed by atoms with E-state index in [9.17, 15) is 5.11 Å². The third-order valence-electron chi connectivity index (χ3n) is 3.02. The molecule has 21 heavy (non-hydrogen) atoms. The first kappa shape index (κ1) is 17.6. The van der Waals surface area contributed by atoms with Gasteiger partial charge in [0.25, 0.3) is 0 Å². The van der Waals surface area contributed by atoms with Crippen LogP contribution in [0.3, 0.4) is 0 Å². The van der Waals surface area contributed by atoms with Crippen LogP contribution >= 0.6 is 0 Å². The molecule has 0 heterocycles. The Hall–Kier alpha value is -1.46. The van der Waals surface area contributed by atoms with Crippen molar-refractivity contribution in [2.24, 2.45) is 0 Å². The number of aliphatic hydroxyl groups excluding tert-OH is 1. The molecule has 0 spiro atoms. The summed E-state index contributed by atoms with van der Waals surface area (Å²) in [7, 11) is 3.21. The predicted octanol–water partition coefficient (Wildman–Crippen LogP) is 2.35. The maximum Gasteiger partial charge on any atom is 0.203 e. The Morgan fingerprint density at radius 2 is 1.67 bits per heavy atom. The second kappa shape index (κ2) is 8.74. The van der Waals surface area contributed by atoms with Gasteiger partial charge in [0.1, 0.15) is 0 Å². The van der Waals surface area contributed by atoms with Crippen LogP contribution in [0.2, 0.25) is 0 Å². The molecule has 0 aliphatic rings. The third kappa shape index (κ3) is 5.81. The van der Waals surface area contributed by atoms with E-state index in [0.29, 0.717) is 36.3 Å². The summed E-state index contributed by atoms with van der Waals surface area (Å²) in [6.07, 6.45) is 0.166. The maximum atomic E-state index is 9.30. The van der Waals surface area contributed by atoms with E-state index in [1.54, 1.807) is 21.1 Å². The zero-order valence-corrected chi connectivity index (χ0v) is 13.6. The van der Waals surface area contributed by atoms with Gasteiger partial charge in [0.05, 0.1) is 26.9 Å². The van der Waals surface area contributed by atoms with Gasteiger partial charge in [-0.25, -0.2) is 0 Å². The summed E-state index contributed by atoms with van der Waals surface area (Å²) in [6, 6.07) is 4.29. The molecule has 0 fully saturated rings. The Kier molecular flexibility index (Phi) is 7.32. The van der Waals surface area contributed by atoms with Crippen LogP contribution in [0.4, 0.5) is 0 Å². The topological polar surface area (TPSA) is 60.0 Å². The lowest BCUT2D eigenvalue weighted by Gasteiger charge is -2.17. The number of nitrogens with one attached hydrogen (secondary N) is 1. The number of hydrogen-bond acceptors (Lipinski definition) is 5. The number of benzene rings is 1. The number of hydrogen-bond donors (Lipinski definition) is 2. The van der Waals surface area contributed by atoms with Crippen LogP contribution in [-0.2, 0) is 6.54 Å². The molecule has 120 valence electrons. The molecule has 0 radical (unpaired) electrons. The fourth-order valence-electron chi connectivity index (χ4n) is 1.83. The van der Waals surface area contributed by atoms with Crippen molar-refractivity contribution in [1.29, 1.82) is 0 Å². The van der Waals surface area contributed by atoms with Gasteiger partial charge in [-0.15, -0.1) is 0 Å². The van der Waals surface area contributed by atoms with E-state index < -0.39 is 6.10 Å². The molecule has 5 nitrogen and oxygen atoms in total. The fourth-order valence-corrected chi connectivity index (χ4v) is 1.83. The van der Waals surface area contributed by atoms with E-state index in [2.05, 4.69) is 19.2 Å². The molecule has 1 atom stereocenters. The van der Waals surface area contributed by atoms with Gasteiger partial charge >= 0.3 is 0 Å². The van der Waals surface area contributed by atoms with Gasteiger partial charge in [-0.2, -0.15) is 0 Å². The number of aliphatic hydroxyl groups is 1. The number of ether oxygens (including phenoxy) is 3. The first-order chi connectivity index (χ1) is 9.97. The standard InChI is InChI=1S/C16H27NO4/c1-11(2)17-10-13-8-14(19-4)16(15(9-13)20-5)21-7-6-12(3)18/h8-9,11-12,17-18H,6-7,10H2,1-5H3. The summed E-state index contributed by atoms with van der Waals surface area (Å²) in [4.78, 5) is 0. The van der Waals surface area contributed by atoms with Gasteiger partial charge in [-0.05, 0) is 24.6 Å². The van der Waals surface area contributed by atoms with E-state index >= 15 is 0 Å². The summed E-state index contributed by atoms with van der Waals surface area (Å²) >= 11 is 0. The smallest absolute Gasteiger partial charge is 0.203 e. The Bertz CT molecular complexity index is 407. The van der Waals surface area contributed by atoms with Crippen molar-refractivity contribution in [3.05, 3.63) is 17.7 Å². The van der Waals surface area contributed by atoms with Crippen LogP contribution in [0.1, 0.15) is 32.8 Å². The molecule has 0 aliphatic heterocycles. The molecule has 1 aromatic rings. The highest BCUT2D eigenvalue weighted by molar-refractivity contribution is 5.53. The number of methoxy groups -OCH3 is 2. The first-order valence-electron chi connectivity index (χ1n) is 7.27. The van der Waals surface area contributed by atoms with Crippen LogP contribution in [-0.4, -0.2) is 38.1 Å². The highest BCUT2D eigenvalue weighted by Crippen LogP contribution is 2.38. The highest BCUT2D eigenvalue weighted by atomic mass is 16.5. The van der Waals surface area contributed by atoms with Gasteiger partial charge in [0.15, 0.2) is 11.5 Å². The maximum absolute atomic E-state index is 9.30. The van der Waals surface area contributed by atoms with E-state index in [0.717, 1.165) is 12.1 Å². The lowest BCUT2D eigenvalue weighted by atomic mass is 10.1. The Balaban J connectivity index is 2.90. The molecule has 0 bridgehead atoms.